The van der Waals surface area contributed by atoms with Gasteiger partial charge in [0, 0.05) is 6.07 Å². The Balaban J connectivity index is 3.27. The summed E-state index contributed by atoms with van der Waals surface area (Å²) < 4.78 is 0. The van der Waals surface area contributed by atoms with E-state index < -0.39 is 16.9 Å². The first-order valence-electron chi connectivity index (χ1n) is 5.83. The molecule has 104 valence electrons. The third kappa shape index (κ3) is 3.42. The molecular weight excluding hydrogens is 272 g/mol. The highest BCUT2D eigenvalue weighted by Gasteiger charge is 2.27. The van der Waals surface area contributed by atoms with E-state index in [-0.39, 0.29) is 10.7 Å². The van der Waals surface area contributed by atoms with Crippen LogP contribution in [-0.4, -0.2) is 34.0 Å². The Bertz CT molecular complexity index is 489. The number of carbonyl (C=O) groups is 1. The van der Waals surface area contributed by atoms with Crippen LogP contribution in [0.5, 0.6) is 0 Å². The molecule has 0 aliphatic heterocycles. The summed E-state index contributed by atoms with van der Waals surface area (Å²) in [4.78, 5) is 23.3. The van der Waals surface area contributed by atoms with Gasteiger partial charge >= 0.3 is 5.97 Å². The molecule has 0 spiro atoms. The fraction of sp³-hybridized carbons (Fsp3) is 0.417. The second kappa shape index (κ2) is 6.49. The highest BCUT2D eigenvalue weighted by atomic mass is 35.5. The van der Waals surface area contributed by atoms with E-state index in [2.05, 4.69) is 0 Å². The molecule has 6 nitrogen and oxygen atoms in total. The van der Waals surface area contributed by atoms with Crippen LogP contribution in [0, 0.1) is 10.1 Å². The predicted octanol–water partition coefficient (Wildman–Crippen LogP) is 2.72. The van der Waals surface area contributed by atoms with Gasteiger partial charge < -0.3 is 5.11 Å². The summed E-state index contributed by atoms with van der Waals surface area (Å²) in [6, 6.07) is 3.17. The standard InChI is InChI=1S/C12H15ClN2O4/c1-3-14(4-2)11(12(16)17)8-5-6-9(13)10(7-8)15(18)19/h5-7,11H,3-4H2,1-2H3,(H,16,17). The highest BCUT2D eigenvalue weighted by molar-refractivity contribution is 6.32. The van der Waals surface area contributed by atoms with Crippen molar-refractivity contribution in [2.75, 3.05) is 13.1 Å². The molecule has 1 N–H and O–H groups in total. The number of hydrogen-bond acceptors (Lipinski definition) is 4. The summed E-state index contributed by atoms with van der Waals surface area (Å²) in [7, 11) is 0. The summed E-state index contributed by atoms with van der Waals surface area (Å²) in [5, 5.41) is 20.1. The van der Waals surface area contributed by atoms with Crippen LogP contribution in [0.15, 0.2) is 18.2 Å². The van der Waals surface area contributed by atoms with Crippen molar-refractivity contribution in [3.63, 3.8) is 0 Å². The highest BCUT2D eigenvalue weighted by Crippen LogP contribution is 2.30. The fourth-order valence-corrected chi connectivity index (χ4v) is 2.12. The predicted molar refractivity (Wildman–Crippen MR) is 71.4 cm³/mol. The van der Waals surface area contributed by atoms with E-state index in [9.17, 15) is 20.0 Å². The topological polar surface area (TPSA) is 83.7 Å². The summed E-state index contributed by atoms with van der Waals surface area (Å²) in [6.07, 6.45) is 0. The van der Waals surface area contributed by atoms with Crippen LogP contribution in [0.3, 0.4) is 0 Å². The molecule has 0 amide bonds. The molecule has 0 fully saturated rings. The molecule has 0 saturated carbocycles. The lowest BCUT2D eigenvalue weighted by atomic mass is 10.0. The number of benzene rings is 1. The smallest absolute Gasteiger partial charge is 0.325 e. The maximum Gasteiger partial charge on any atom is 0.325 e. The van der Waals surface area contributed by atoms with Crippen LogP contribution < -0.4 is 0 Å². The van der Waals surface area contributed by atoms with Gasteiger partial charge in [-0.1, -0.05) is 31.5 Å². The number of rotatable bonds is 6. The molecule has 0 aromatic heterocycles. The third-order valence-corrected chi connectivity index (χ3v) is 3.21. The lowest BCUT2D eigenvalue weighted by molar-refractivity contribution is -0.384. The van der Waals surface area contributed by atoms with Crippen LogP contribution in [0.4, 0.5) is 5.69 Å². The minimum atomic E-state index is -1.04. The van der Waals surface area contributed by atoms with E-state index in [0.717, 1.165) is 0 Å². The first-order chi connectivity index (χ1) is 8.92. The van der Waals surface area contributed by atoms with E-state index in [0.29, 0.717) is 18.7 Å². The first kappa shape index (κ1) is 15.4. The summed E-state index contributed by atoms with van der Waals surface area (Å²) >= 11 is 5.72. The molecule has 0 radical (unpaired) electrons. The van der Waals surface area contributed by atoms with Crippen molar-refractivity contribution in [2.45, 2.75) is 19.9 Å². The number of aliphatic carboxylic acids is 1. The van der Waals surface area contributed by atoms with Crippen molar-refractivity contribution >= 4 is 23.3 Å². The average Bonchev–Trinajstić information content (AvgIpc) is 2.36. The number of nitrogens with zero attached hydrogens (tertiary/aromatic N) is 2. The molecule has 0 saturated heterocycles. The Morgan fingerprint density at radius 3 is 2.47 bits per heavy atom. The van der Waals surface area contributed by atoms with Crippen LogP contribution >= 0.6 is 11.6 Å². The summed E-state index contributed by atoms with van der Waals surface area (Å²) in [6.45, 7) is 4.74. The van der Waals surface area contributed by atoms with E-state index in [1.807, 2.05) is 13.8 Å². The van der Waals surface area contributed by atoms with Gasteiger partial charge in [-0.3, -0.25) is 19.8 Å². The Morgan fingerprint density at radius 1 is 1.47 bits per heavy atom. The van der Waals surface area contributed by atoms with Gasteiger partial charge in [0.15, 0.2) is 0 Å². The number of hydrogen-bond donors (Lipinski definition) is 1. The van der Waals surface area contributed by atoms with Crippen LogP contribution in [0.1, 0.15) is 25.5 Å². The number of likely N-dealkylation sites (N-methyl/N-ethyl adjacent to an activating group) is 1. The molecule has 1 aromatic rings. The normalized spacial score (nSPS) is 12.4. The monoisotopic (exact) mass is 286 g/mol. The Kier molecular flexibility index (Phi) is 5.26. The van der Waals surface area contributed by atoms with E-state index in [1.165, 1.54) is 18.2 Å². The zero-order valence-electron chi connectivity index (χ0n) is 10.7. The van der Waals surface area contributed by atoms with E-state index in [4.69, 9.17) is 11.6 Å². The van der Waals surface area contributed by atoms with Crippen LogP contribution in [0.2, 0.25) is 5.02 Å². The van der Waals surface area contributed by atoms with Crippen LogP contribution in [0.25, 0.3) is 0 Å². The van der Waals surface area contributed by atoms with E-state index in [1.54, 1.807) is 4.90 Å². The Morgan fingerprint density at radius 2 is 2.05 bits per heavy atom. The molecular formula is C12H15ClN2O4. The van der Waals surface area contributed by atoms with Crippen molar-refractivity contribution in [3.05, 3.63) is 38.9 Å². The molecule has 7 heteroatoms. The van der Waals surface area contributed by atoms with Gasteiger partial charge in [-0.05, 0) is 24.7 Å². The zero-order valence-corrected chi connectivity index (χ0v) is 11.4. The molecule has 0 aliphatic carbocycles. The number of carboxylic acid groups (broad SMARTS) is 1. The molecule has 1 unspecified atom stereocenters. The number of halogens is 1. The van der Waals surface area contributed by atoms with Crippen molar-refractivity contribution < 1.29 is 14.8 Å². The first-order valence-corrected chi connectivity index (χ1v) is 6.20. The SMILES string of the molecule is CCN(CC)C(C(=O)O)c1ccc(Cl)c([N+](=O)[O-])c1. The molecule has 0 bridgehead atoms. The summed E-state index contributed by atoms with van der Waals surface area (Å²) in [5.74, 6) is -1.04. The Hall–Kier alpha value is -1.66. The molecule has 1 atom stereocenters. The van der Waals surface area contributed by atoms with Gasteiger partial charge in [-0.2, -0.15) is 0 Å². The molecule has 0 aliphatic rings. The van der Waals surface area contributed by atoms with Crippen molar-refractivity contribution in [3.8, 4) is 0 Å². The minimum absolute atomic E-state index is 0.00237. The van der Waals surface area contributed by atoms with Crippen molar-refractivity contribution in [1.82, 2.24) is 4.90 Å². The number of nitro benzene ring substituents is 1. The lowest BCUT2D eigenvalue weighted by Crippen LogP contribution is -2.33. The third-order valence-electron chi connectivity index (χ3n) is 2.89. The minimum Gasteiger partial charge on any atom is -0.480 e. The van der Waals surface area contributed by atoms with Gasteiger partial charge in [-0.25, -0.2) is 0 Å². The summed E-state index contributed by atoms with van der Waals surface area (Å²) in [5.41, 5.74) is 0.0740. The molecule has 0 heterocycles. The number of nitro groups is 1. The second-order valence-electron chi connectivity index (χ2n) is 3.93. The Labute approximate surface area is 115 Å². The second-order valence-corrected chi connectivity index (χ2v) is 4.34. The van der Waals surface area contributed by atoms with Gasteiger partial charge in [0.2, 0.25) is 0 Å². The largest absolute Gasteiger partial charge is 0.480 e. The average molecular weight is 287 g/mol. The quantitative estimate of drug-likeness (QED) is 0.642. The van der Waals surface area contributed by atoms with Crippen molar-refractivity contribution in [1.29, 1.82) is 0 Å². The van der Waals surface area contributed by atoms with Gasteiger partial charge in [0.1, 0.15) is 11.1 Å². The van der Waals surface area contributed by atoms with Gasteiger partial charge in [0.25, 0.3) is 5.69 Å². The molecule has 19 heavy (non-hydrogen) atoms. The maximum atomic E-state index is 11.4. The van der Waals surface area contributed by atoms with Crippen molar-refractivity contribution in [2.24, 2.45) is 0 Å². The fourth-order valence-electron chi connectivity index (χ4n) is 1.94. The van der Waals surface area contributed by atoms with Crippen LogP contribution in [-0.2, 0) is 4.79 Å². The van der Waals surface area contributed by atoms with Gasteiger partial charge in [0.05, 0.1) is 4.92 Å². The zero-order chi connectivity index (χ0) is 14.6. The lowest BCUT2D eigenvalue weighted by Gasteiger charge is -2.26. The molecule has 1 rings (SSSR count). The molecule has 1 aromatic carbocycles. The maximum absolute atomic E-state index is 11.4. The van der Waals surface area contributed by atoms with E-state index >= 15 is 0 Å². The van der Waals surface area contributed by atoms with Gasteiger partial charge in [-0.15, -0.1) is 0 Å². The number of carboxylic acids is 1.